The summed E-state index contributed by atoms with van der Waals surface area (Å²) in [6.45, 7) is 6.25. The van der Waals surface area contributed by atoms with Gasteiger partial charge in [0.2, 0.25) is 0 Å². The number of carbonyl (C=O) groups excluding carboxylic acids is 1. The molecule has 5 nitrogen and oxygen atoms in total. The highest BCUT2D eigenvalue weighted by atomic mass is 19.1. The normalized spacial score (nSPS) is 10.7. The van der Waals surface area contributed by atoms with Gasteiger partial charge in [0.05, 0.1) is 29.3 Å². The molecule has 140 valence electrons. The van der Waals surface area contributed by atoms with E-state index in [2.05, 4.69) is 15.7 Å². The molecule has 3 aromatic rings. The van der Waals surface area contributed by atoms with Crippen molar-refractivity contribution in [3.63, 3.8) is 0 Å². The van der Waals surface area contributed by atoms with Crippen molar-refractivity contribution in [2.75, 3.05) is 10.6 Å². The lowest BCUT2D eigenvalue weighted by molar-refractivity contribution is 0.262. The van der Waals surface area contributed by atoms with E-state index in [9.17, 15) is 13.6 Å². The van der Waals surface area contributed by atoms with Gasteiger partial charge in [-0.1, -0.05) is 24.3 Å². The molecule has 0 atom stereocenters. The second-order valence-electron chi connectivity index (χ2n) is 6.33. The van der Waals surface area contributed by atoms with E-state index in [0.717, 1.165) is 22.9 Å². The number of anilines is 2. The second-order valence-corrected chi connectivity index (χ2v) is 6.33. The van der Waals surface area contributed by atoms with Crippen molar-refractivity contribution in [2.24, 2.45) is 0 Å². The standard InChI is InChI=1S/C20H20F2N4O/c1-12-6-4-5-7-15(12)11-26-14(3)19(13(2)25-26)24-20(27)23-18-9-8-16(21)10-17(18)22/h4-10H,11H2,1-3H3,(H2,23,24,27). The molecule has 0 spiro atoms. The Bertz CT molecular complexity index is 998. The largest absolute Gasteiger partial charge is 0.323 e. The molecule has 0 saturated heterocycles. The Labute approximate surface area is 156 Å². The number of rotatable bonds is 4. The lowest BCUT2D eigenvalue weighted by Crippen LogP contribution is -2.21. The van der Waals surface area contributed by atoms with Crippen LogP contribution in [0.25, 0.3) is 0 Å². The molecule has 0 aliphatic carbocycles. The molecule has 0 radical (unpaired) electrons. The van der Waals surface area contributed by atoms with Gasteiger partial charge in [-0.3, -0.25) is 4.68 Å². The number of nitrogens with one attached hydrogen (secondary N) is 2. The fourth-order valence-electron chi connectivity index (χ4n) is 2.84. The highest BCUT2D eigenvalue weighted by molar-refractivity contribution is 6.00. The summed E-state index contributed by atoms with van der Waals surface area (Å²) in [7, 11) is 0. The number of hydrogen-bond donors (Lipinski definition) is 2. The highest BCUT2D eigenvalue weighted by Gasteiger charge is 2.16. The fourth-order valence-corrected chi connectivity index (χ4v) is 2.84. The van der Waals surface area contributed by atoms with Crippen LogP contribution in [0.5, 0.6) is 0 Å². The van der Waals surface area contributed by atoms with Crippen LogP contribution in [0.1, 0.15) is 22.5 Å². The van der Waals surface area contributed by atoms with Crippen LogP contribution >= 0.6 is 0 Å². The third-order valence-corrected chi connectivity index (χ3v) is 4.38. The fraction of sp³-hybridized carbons (Fsp3) is 0.200. The molecule has 2 amide bonds. The third kappa shape index (κ3) is 4.13. The first kappa shape index (κ1) is 18.6. The molecule has 2 aromatic carbocycles. The van der Waals surface area contributed by atoms with Crippen LogP contribution < -0.4 is 10.6 Å². The minimum absolute atomic E-state index is 0.100. The summed E-state index contributed by atoms with van der Waals surface area (Å²) >= 11 is 0. The van der Waals surface area contributed by atoms with E-state index in [1.54, 1.807) is 6.92 Å². The van der Waals surface area contributed by atoms with Crippen LogP contribution in [-0.4, -0.2) is 15.8 Å². The Morgan fingerprint density at radius 2 is 1.81 bits per heavy atom. The summed E-state index contributed by atoms with van der Waals surface area (Å²) in [6, 6.07) is 10.4. The molecular formula is C20H20F2N4O. The molecule has 0 fully saturated rings. The van der Waals surface area contributed by atoms with Gasteiger partial charge in [0, 0.05) is 6.07 Å². The van der Waals surface area contributed by atoms with Crippen LogP contribution in [-0.2, 0) is 6.54 Å². The van der Waals surface area contributed by atoms with Crippen molar-refractivity contribution in [3.05, 3.63) is 76.6 Å². The van der Waals surface area contributed by atoms with Gasteiger partial charge in [-0.2, -0.15) is 5.10 Å². The summed E-state index contributed by atoms with van der Waals surface area (Å²) in [5.41, 5.74) is 4.18. The Balaban J connectivity index is 1.76. The van der Waals surface area contributed by atoms with Crippen LogP contribution in [0.4, 0.5) is 25.0 Å². The average Bonchev–Trinajstić information content (AvgIpc) is 2.87. The van der Waals surface area contributed by atoms with Crippen molar-refractivity contribution in [3.8, 4) is 0 Å². The van der Waals surface area contributed by atoms with E-state index in [0.29, 0.717) is 24.0 Å². The van der Waals surface area contributed by atoms with Gasteiger partial charge in [0.1, 0.15) is 11.6 Å². The Hall–Kier alpha value is -3.22. The molecule has 7 heteroatoms. The molecule has 2 N–H and O–H groups in total. The Morgan fingerprint density at radius 1 is 1.07 bits per heavy atom. The van der Waals surface area contributed by atoms with Crippen LogP contribution in [0, 0.1) is 32.4 Å². The topological polar surface area (TPSA) is 59.0 Å². The lowest BCUT2D eigenvalue weighted by atomic mass is 10.1. The van der Waals surface area contributed by atoms with Crippen molar-refractivity contribution < 1.29 is 13.6 Å². The molecule has 0 bridgehead atoms. The first-order valence-electron chi connectivity index (χ1n) is 8.46. The number of carbonyl (C=O) groups is 1. The van der Waals surface area contributed by atoms with Gasteiger partial charge in [-0.05, 0) is 44.0 Å². The van der Waals surface area contributed by atoms with E-state index in [1.807, 2.05) is 42.8 Å². The SMILES string of the molecule is Cc1ccccc1Cn1nc(C)c(NC(=O)Nc2ccc(F)cc2F)c1C. The van der Waals surface area contributed by atoms with Gasteiger partial charge in [-0.25, -0.2) is 13.6 Å². The first-order chi connectivity index (χ1) is 12.8. The summed E-state index contributed by atoms with van der Waals surface area (Å²) in [6.07, 6.45) is 0. The Morgan fingerprint density at radius 3 is 2.52 bits per heavy atom. The summed E-state index contributed by atoms with van der Waals surface area (Å²) in [5, 5.41) is 9.56. The van der Waals surface area contributed by atoms with Crippen LogP contribution in [0.2, 0.25) is 0 Å². The van der Waals surface area contributed by atoms with Crippen molar-refractivity contribution in [1.29, 1.82) is 0 Å². The average molecular weight is 370 g/mol. The smallest absolute Gasteiger partial charge is 0.305 e. The number of amides is 2. The number of aromatic nitrogens is 2. The zero-order valence-corrected chi connectivity index (χ0v) is 15.3. The van der Waals surface area contributed by atoms with Crippen molar-refractivity contribution in [2.45, 2.75) is 27.3 Å². The Kier molecular flexibility index (Phi) is 5.21. The molecule has 1 aromatic heterocycles. The maximum atomic E-state index is 13.7. The third-order valence-electron chi connectivity index (χ3n) is 4.38. The van der Waals surface area contributed by atoms with Crippen molar-refractivity contribution in [1.82, 2.24) is 9.78 Å². The molecule has 0 saturated carbocycles. The number of aryl methyl sites for hydroxylation is 2. The minimum Gasteiger partial charge on any atom is -0.305 e. The zero-order chi connectivity index (χ0) is 19.6. The van der Waals surface area contributed by atoms with E-state index in [-0.39, 0.29) is 5.69 Å². The van der Waals surface area contributed by atoms with Crippen molar-refractivity contribution >= 4 is 17.4 Å². The zero-order valence-electron chi connectivity index (χ0n) is 15.3. The van der Waals surface area contributed by atoms with Gasteiger partial charge in [0.25, 0.3) is 0 Å². The minimum atomic E-state index is -0.839. The quantitative estimate of drug-likeness (QED) is 0.694. The van der Waals surface area contributed by atoms with E-state index < -0.39 is 17.7 Å². The van der Waals surface area contributed by atoms with Crippen LogP contribution in [0.15, 0.2) is 42.5 Å². The highest BCUT2D eigenvalue weighted by Crippen LogP contribution is 2.22. The van der Waals surface area contributed by atoms with E-state index in [1.165, 1.54) is 6.07 Å². The second kappa shape index (κ2) is 7.57. The predicted octanol–water partition coefficient (Wildman–Crippen LogP) is 4.78. The molecule has 3 rings (SSSR count). The maximum Gasteiger partial charge on any atom is 0.323 e. The molecule has 0 unspecified atom stereocenters. The number of urea groups is 1. The number of hydrogen-bond acceptors (Lipinski definition) is 2. The predicted molar refractivity (Wildman–Crippen MR) is 101 cm³/mol. The van der Waals surface area contributed by atoms with E-state index >= 15 is 0 Å². The number of nitrogens with zero attached hydrogens (tertiary/aromatic N) is 2. The van der Waals surface area contributed by atoms with Gasteiger partial charge in [0.15, 0.2) is 0 Å². The summed E-state index contributed by atoms with van der Waals surface area (Å²) in [4.78, 5) is 12.2. The number of halogens is 2. The molecule has 0 aliphatic rings. The molecule has 1 heterocycles. The molecule has 27 heavy (non-hydrogen) atoms. The van der Waals surface area contributed by atoms with Gasteiger partial charge >= 0.3 is 6.03 Å². The monoisotopic (exact) mass is 370 g/mol. The van der Waals surface area contributed by atoms with Crippen LogP contribution in [0.3, 0.4) is 0 Å². The number of benzene rings is 2. The molecular weight excluding hydrogens is 350 g/mol. The maximum absolute atomic E-state index is 13.7. The first-order valence-corrected chi connectivity index (χ1v) is 8.46. The lowest BCUT2D eigenvalue weighted by Gasteiger charge is -2.10. The van der Waals surface area contributed by atoms with Gasteiger partial charge in [-0.15, -0.1) is 0 Å². The summed E-state index contributed by atoms with van der Waals surface area (Å²) < 4.78 is 28.5. The van der Waals surface area contributed by atoms with Gasteiger partial charge < -0.3 is 10.6 Å². The van der Waals surface area contributed by atoms with E-state index in [4.69, 9.17) is 0 Å². The molecule has 0 aliphatic heterocycles. The summed E-state index contributed by atoms with van der Waals surface area (Å²) in [5.74, 6) is -1.54.